The van der Waals surface area contributed by atoms with Gasteiger partial charge in [-0.1, -0.05) is 24.3 Å². The van der Waals surface area contributed by atoms with Crippen molar-refractivity contribution in [2.24, 2.45) is 0 Å². The molecule has 1 aromatic carbocycles. The van der Waals surface area contributed by atoms with E-state index < -0.39 is 12.0 Å². The minimum absolute atomic E-state index is 0. The molecule has 2 N–H and O–H groups in total. The van der Waals surface area contributed by atoms with Crippen molar-refractivity contribution < 1.29 is 18.7 Å². The molecule has 2 heterocycles. The topological polar surface area (TPSA) is 55.8 Å². The van der Waals surface area contributed by atoms with Crippen LogP contribution in [0.3, 0.4) is 0 Å². The molecule has 0 radical (unpaired) electrons. The number of benzene rings is 1. The number of rotatable bonds is 4. The summed E-state index contributed by atoms with van der Waals surface area (Å²) in [6, 6.07) is 7.91. The van der Waals surface area contributed by atoms with Crippen LogP contribution in [0, 0.1) is 0 Å². The summed E-state index contributed by atoms with van der Waals surface area (Å²) in [7, 11) is 0. The maximum Gasteiger partial charge on any atom is 0.317 e. The highest BCUT2D eigenvalue weighted by Crippen LogP contribution is 2.27. The van der Waals surface area contributed by atoms with E-state index in [9.17, 15) is 18.7 Å². The molecule has 1 saturated heterocycles. The van der Waals surface area contributed by atoms with Crippen LogP contribution in [-0.2, 0) is 13.0 Å². The summed E-state index contributed by atoms with van der Waals surface area (Å²) < 4.78 is 26.2. The minimum atomic E-state index is -2.67. The number of hydrogen-bond donors (Lipinski definition) is 2. The number of aliphatic hydroxyl groups is 1. The van der Waals surface area contributed by atoms with Crippen LogP contribution in [0.15, 0.2) is 24.3 Å². The summed E-state index contributed by atoms with van der Waals surface area (Å²) in [6.07, 6.45) is -0.315. The quantitative estimate of drug-likeness (QED) is 0.831. The van der Waals surface area contributed by atoms with E-state index in [4.69, 9.17) is 0 Å². The molecule has 2 amide bonds. The number of aliphatic hydroxyl groups excluding tert-OH is 1. The lowest BCUT2D eigenvalue weighted by Crippen LogP contribution is -2.49. The number of amides is 2. The average molecular weight is 387 g/mol. The van der Waals surface area contributed by atoms with Crippen molar-refractivity contribution in [3.05, 3.63) is 35.4 Å². The maximum absolute atomic E-state index is 13.1. The summed E-state index contributed by atoms with van der Waals surface area (Å²) in [6.45, 7) is 2.39. The predicted molar refractivity (Wildman–Crippen MR) is 101 cm³/mol. The van der Waals surface area contributed by atoms with Gasteiger partial charge in [-0.25, -0.2) is 13.6 Å². The van der Waals surface area contributed by atoms with Crippen LogP contribution < -0.4 is 5.32 Å². The summed E-state index contributed by atoms with van der Waals surface area (Å²) in [5.74, 6) is -2.67. The molecule has 8 heteroatoms. The molecule has 5 nitrogen and oxygen atoms in total. The molecule has 0 bridgehead atoms. The molecule has 0 saturated carbocycles. The normalized spacial score (nSPS) is 20.7. The van der Waals surface area contributed by atoms with Crippen LogP contribution in [0.25, 0.3) is 0 Å². The minimum Gasteiger partial charge on any atom is -0.390 e. The number of fused-ring (bicyclic) bond motifs is 1. The molecule has 0 spiro atoms. The molecular weight excluding hydrogens is 360 g/mol. The smallest absolute Gasteiger partial charge is 0.317 e. The molecule has 0 unspecified atom stereocenters. The van der Waals surface area contributed by atoms with Gasteiger partial charge in [0, 0.05) is 52.1 Å². The first-order chi connectivity index (χ1) is 11.9. The van der Waals surface area contributed by atoms with Crippen LogP contribution in [0.2, 0.25) is 0 Å². The molecule has 2 aliphatic heterocycles. The van der Waals surface area contributed by atoms with E-state index in [0.717, 1.165) is 19.5 Å². The highest BCUT2D eigenvalue weighted by molar-refractivity contribution is 7.59. The standard InChI is InChI=1S/C18H25F2N3O2.H2S/c19-18(20)6-9-23(10-7-18)17(25)21-11-16(24)13-22-8-5-14-3-1-2-4-15(14)12-22;/h1-4,16,24H,5-13H2,(H,21,25);1H2/t16-;/m0./s1. The van der Waals surface area contributed by atoms with Gasteiger partial charge in [-0.15, -0.1) is 0 Å². The van der Waals surface area contributed by atoms with Gasteiger partial charge in [0.05, 0.1) is 6.10 Å². The predicted octanol–water partition coefficient (Wildman–Crippen LogP) is 1.96. The second-order valence-corrected chi connectivity index (χ2v) is 6.94. The van der Waals surface area contributed by atoms with Gasteiger partial charge in [0.15, 0.2) is 0 Å². The second-order valence-electron chi connectivity index (χ2n) is 6.94. The second kappa shape index (κ2) is 9.01. The largest absolute Gasteiger partial charge is 0.390 e. The number of urea groups is 1. The number of carbonyl (C=O) groups excluding carboxylic acids is 1. The van der Waals surface area contributed by atoms with Crippen molar-refractivity contribution in [2.75, 3.05) is 32.7 Å². The Morgan fingerprint density at radius 2 is 1.85 bits per heavy atom. The third-order valence-electron chi connectivity index (χ3n) is 4.95. The number of piperidine rings is 1. The highest BCUT2D eigenvalue weighted by Gasteiger charge is 2.35. The fourth-order valence-electron chi connectivity index (χ4n) is 3.43. The summed E-state index contributed by atoms with van der Waals surface area (Å²) in [5.41, 5.74) is 2.63. The Morgan fingerprint density at radius 1 is 1.19 bits per heavy atom. The monoisotopic (exact) mass is 387 g/mol. The van der Waals surface area contributed by atoms with E-state index in [0.29, 0.717) is 6.54 Å². The molecular formula is C18H27F2N3O2S. The van der Waals surface area contributed by atoms with E-state index in [-0.39, 0.29) is 52.0 Å². The number of carbonyl (C=O) groups is 1. The van der Waals surface area contributed by atoms with Crippen LogP contribution in [0.5, 0.6) is 0 Å². The Labute approximate surface area is 159 Å². The third kappa shape index (κ3) is 5.56. The van der Waals surface area contributed by atoms with Crippen LogP contribution >= 0.6 is 13.5 Å². The van der Waals surface area contributed by atoms with Gasteiger partial charge < -0.3 is 15.3 Å². The number of nitrogens with one attached hydrogen (secondary N) is 1. The number of alkyl halides is 2. The Hall–Kier alpha value is -1.38. The SMILES string of the molecule is O=C(NC[C@H](O)CN1CCc2ccccc2C1)N1CCC(F)(F)CC1.S. The van der Waals surface area contributed by atoms with Gasteiger partial charge in [-0.3, -0.25) is 4.90 Å². The van der Waals surface area contributed by atoms with Crippen LogP contribution in [0.1, 0.15) is 24.0 Å². The Balaban J connectivity index is 0.00000243. The number of hydrogen-bond acceptors (Lipinski definition) is 3. The number of β-amino-alcohol motifs (C(OH)–C–C–N with tert-alkyl or cyclic N) is 1. The van der Waals surface area contributed by atoms with E-state index in [1.54, 1.807) is 0 Å². The number of nitrogens with zero attached hydrogens (tertiary/aromatic N) is 2. The number of likely N-dealkylation sites (tertiary alicyclic amines) is 1. The van der Waals surface area contributed by atoms with Gasteiger partial charge in [-0.2, -0.15) is 13.5 Å². The molecule has 146 valence electrons. The van der Waals surface area contributed by atoms with Gasteiger partial charge in [-0.05, 0) is 17.5 Å². The maximum atomic E-state index is 13.1. The fraction of sp³-hybridized carbons (Fsp3) is 0.611. The summed E-state index contributed by atoms with van der Waals surface area (Å²) in [5, 5.41) is 12.8. The first kappa shape index (κ1) is 20.9. The van der Waals surface area contributed by atoms with Crippen molar-refractivity contribution in [3.63, 3.8) is 0 Å². The zero-order chi connectivity index (χ0) is 17.9. The van der Waals surface area contributed by atoms with Crippen molar-refractivity contribution in [3.8, 4) is 0 Å². The zero-order valence-electron chi connectivity index (χ0n) is 14.8. The Morgan fingerprint density at radius 3 is 2.54 bits per heavy atom. The van der Waals surface area contributed by atoms with E-state index in [2.05, 4.69) is 22.3 Å². The van der Waals surface area contributed by atoms with Crippen LogP contribution in [0.4, 0.5) is 13.6 Å². The number of halogens is 2. The third-order valence-corrected chi connectivity index (χ3v) is 4.95. The lowest BCUT2D eigenvalue weighted by atomic mass is 10.00. The fourth-order valence-corrected chi connectivity index (χ4v) is 3.43. The zero-order valence-corrected chi connectivity index (χ0v) is 15.8. The Kier molecular flexibility index (Phi) is 7.25. The van der Waals surface area contributed by atoms with Gasteiger partial charge >= 0.3 is 6.03 Å². The molecule has 26 heavy (non-hydrogen) atoms. The van der Waals surface area contributed by atoms with Crippen molar-refractivity contribution in [1.29, 1.82) is 0 Å². The van der Waals surface area contributed by atoms with Gasteiger partial charge in [0.25, 0.3) is 5.92 Å². The van der Waals surface area contributed by atoms with Crippen molar-refractivity contribution in [1.82, 2.24) is 15.1 Å². The highest BCUT2D eigenvalue weighted by atomic mass is 32.1. The molecule has 3 rings (SSSR count). The average Bonchev–Trinajstić information content (AvgIpc) is 2.59. The van der Waals surface area contributed by atoms with E-state index >= 15 is 0 Å². The molecule has 1 aromatic rings. The van der Waals surface area contributed by atoms with Gasteiger partial charge in [0.1, 0.15) is 0 Å². The first-order valence-electron chi connectivity index (χ1n) is 8.81. The molecule has 1 fully saturated rings. The summed E-state index contributed by atoms with van der Waals surface area (Å²) in [4.78, 5) is 15.6. The van der Waals surface area contributed by atoms with E-state index in [1.807, 2.05) is 12.1 Å². The van der Waals surface area contributed by atoms with Gasteiger partial charge in [0.2, 0.25) is 0 Å². The summed E-state index contributed by atoms with van der Waals surface area (Å²) >= 11 is 0. The lowest BCUT2D eigenvalue weighted by molar-refractivity contribution is -0.0471. The molecule has 1 atom stereocenters. The van der Waals surface area contributed by atoms with E-state index in [1.165, 1.54) is 16.0 Å². The van der Waals surface area contributed by atoms with Crippen LogP contribution in [-0.4, -0.2) is 65.7 Å². The molecule has 0 aliphatic carbocycles. The van der Waals surface area contributed by atoms with Crippen molar-refractivity contribution in [2.45, 2.75) is 37.8 Å². The molecule has 2 aliphatic rings. The lowest BCUT2D eigenvalue weighted by Gasteiger charge is -2.33. The Bertz CT molecular complexity index is 608. The van der Waals surface area contributed by atoms with Crippen molar-refractivity contribution >= 4 is 19.5 Å². The first-order valence-corrected chi connectivity index (χ1v) is 8.81. The molecule has 0 aromatic heterocycles.